The van der Waals surface area contributed by atoms with Crippen LogP contribution in [0, 0.1) is 5.92 Å². The van der Waals surface area contributed by atoms with Gasteiger partial charge in [-0.25, -0.2) is 4.79 Å². The Hall–Kier alpha value is -2.28. The molecule has 1 aromatic rings. The number of unbranched alkanes of at least 4 members (excludes halogenated alkanes) is 1. The zero-order chi connectivity index (χ0) is 21.1. The van der Waals surface area contributed by atoms with Crippen molar-refractivity contribution in [2.75, 3.05) is 50.1 Å². The van der Waals surface area contributed by atoms with Crippen LogP contribution in [0.25, 0.3) is 0 Å². The molecule has 1 aliphatic heterocycles. The van der Waals surface area contributed by atoms with Gasteiger partial charge in [-0.15, -0.1) is 0 Å². The number of nitrogens with one attached hydrogen (secondary N) is 3. The van der Waals surface area contributed by atoms with Gasteiger partial charge in [0.15, 0.2) is 0 Å². The largest absolute Gasteiger partial charge is 0.385 e. The highest BCUT2D eigenvalue weighted by molar-refractivity contribution is 6.02. The van der Waals surface area contributed by atoms with E-state index in [4.69, 9.17) is 4.74 Å². The molecule has 0 radical (unpaired) electrons. The predicted octanol–water partition coefficient (Wildman–Crippen LogP) is 3.61. The fourth-order valence-electron chi connectivity index (χ4n) is 3.39. The van der Waals surface area contributed by atoms with E-state index in [-0.39, 0.29) is 11.9 Å². The number of methoxy groups -OCH3 is 1. The summed E-state index contributed by atoms with van der Waals surface area (Å²) >= 11 is 0. The number of carbonyl (C=O) groups is 2. The molecular weight excluding hydrogens is 368 g/mol. The van der Waals surface area contributed by atoms with Crippen molar-refractivity contribution in [3.05, 3.63) is 23.8 Å². The first-order chi connectivity index (χ1) is 14.0. The molecule has 0 aliphatic carbocycles. The zero-order valence-electron chi connectivity index (χ0n) is 18.1. The number of nitrogens with zero attached hydrogens (tertiary/aromatic N) is 1. The van der Waals surface area contributed by atoms with E-state index >= 15 is 0 Å². The monoisotopic (exact) mass is 404 g/mol. The van der Waals surface area contributed by atoms with E-state index in [1.807, 2.05) is 12.1 Å². The molecule has 1 saturated heterocycles. The van der Waals surface area contributed by atoms with Gasteiger partial charge in [0.05, 0.1) is 5.56 Å². The Morgan fingerprint density at radius 2 is 1.86 bits per heavy atom. The van der Waals surface area contributed by atoms with E-state index < -0.39 is 0 Å². The topological polar surface area (TPSA) is 82.7 Å². The molecule has 1 aromatic carbocycles. The van der Waals surface area contributed by atoms with E-state index in [9.17, 15) is 9.59 Å². The standard InChI is InChI=1S/C22H36N4O3/c1-4-5-11-24-22(28)25-18-7-8-20(26-13-9-17(2)10-14-26)19(16-18)21(27)23-12-6-15-29-3/h7-8,16-17H,4-6,9-15H2,1-3H3,(H,23,27)(H2,24,25,28). The minimum Gasteiger partial charge on any atom is -0.385 e. The number of benzene rings is 1. The van der Waals surface area contributed by atoms with Crippen LogP contribution in [0.1, 0.15) is 56.3 Å². The fraction of sp³-hybridized carbons (Fsp3) is 0.636. The minimum atomic E-state index is -0.246. The van der Waals surface area contributed by atoms with Crippen molar-refractivity contribution in [1.82, 2.24) is 10.6 Å². The average Bonchev–Trinajstić information content (AvgIpc) is 2.72. The maximum atomic E-state index is 12.9. The van der Waals surface area contributed by atoms with Crippen LogP contribution in [0.3, 0.4) is 0 Å². The molecule has 7 heteroatoms. The molecule has 0 bridgehead atoms. The number of anilines is 2. The Balaban J connectivity index is 2.12. The van der Waals surface area contributed by atoms with E-state index in [0.717, 1.165) is 50.9 Å². The highest BCUT2D eigenvalue weighted by Crippen LogP contribution is 2.28. The Morgan fingerprint density at radius 3 is 2.55 bits per heavy atom. The van der Waals surface area contributed by atoms with Crippen LogP contribution in [0.4, 0.5) is 16.2 Å². The molecule has 0 unspecified atom stereocenters. The van der Waals surface area contributed by atoms with Crippen LogP contribution in [-0.2, 0) is 4.74 Å². The number of carbonyl (C=O) groups excluding carboxylic acids is 2. The number of amides is 3. The van der Waals surface area contributed by atoms with E-state index in [1.54, 1.807) is 13.2 Å². The average molecular weight is 405 g/mol. The van der Waals surface area contributed by atoms with Gasteiger partial charge in [-0.05, 0) is 49.8 Å². The van der Waals surface area contributed by atoms with Crippen LogP contribution in [-0.4, -0.2) is 51.8 Å². The van der Waals surface area contributed by atoms with E-state index in [1.165, 1.54) is 0 Å². The van der Waals surface area contributed by atoms with Crippen molar-refractivity contribution in [1.29, 1.82) is 0 Å². The van der Waals surface area contributed by atoms with Crippen LogP contribution in [0.5, 0.6) is 0 Å². The SMILES string of the molecule is CCCCNC(=O)Nc1ccc(N2CCC(C)CC2)c(C(=O)NCCCOC)c1. The van der Waals surface area contributed by atoms with Gasteiger partial charge in [-0.2, -0.15) is 0 Å². The molecule has 1 heterocycles. The molecule has 3 N–H and O–H groups in total. The maximum absolute atomic E-state index is 12.9. The van der Waals surface area contributed by atoms with Crippen molar-refractivity contribution in [3.63, 3.8) is 0 Å². The summed E-state index contributed by atoms with van der Waals surface area (Å²) in [5.74, 6) is 0.593. The molecule has 1 aliphatic rings. The third kappa shape index (κ3) is 7.57. The highest BCUT2D eigenvalue weighted by atomic mass is 16.5. The van der Waals surface area contributed by atoms with Crippen molar-refractivity contribution in [2.45, 2.75) is 46.0 Å². The lowest BCUT2D eigenvalue weighted by Gasteiger charge is -2.33. The van der Waals surface area contributed by atoms with Gasteiger partial charge in [-0.1, -0.05) is 20.3 Å². The Kier molecular flexibility index (Phi) is 9.77. The molecule has 162 valence electrons. The van der Waals surface area contributed by atoms with Crippen molar-refractivity contribution >= 4 is 23.3 Å². The molecule has 2 rings (SSSR count). The smallest absolute Gasteiger partial charge is 0.319 e. The summed E-state index contributed by atoms with van der Waals surface area (Å²) in [6.07, 6.45) is 4.96. The van der Waals surface area contributed by atoms with Crippen molar-refractivity contribution in [2.24, 2.45) is 5.92 Å². The van der Waals surface area contributed by atoms with Gasteiger partial charge in [0.2, 0.25) is 0 Å². The normalized spacial score (nSPS) is 14.5. The third-order valence-electron chi connectivity index (χ3n) is 5.25. The Bertz CT molecular complexity index is 657. The number of rotatable bonds is 10. The van der Waals surface area contributed by atoms with Gasteiger partial charge >= 0.3 is 6.03 Å². The van der Waals surface area contributed by atoms with Crippen LogP contribution >= 0.6 is 0 Å². The van der Waals surface area contributed by atoms with Gasteiger partial charge in [0.1, 0.15) is 0 Å². The maximum Gasteiger partial charge on any atom is 0.319 e. The molecule has 0 aromatic heterocycles. The highest BCUT2D eigenvalue weighted by Gasteiger charge is 2.21. The predicted molar refractivity (Wildman–Crippen MR) is 118 cm³/mol. The lowest BCUT2D eigenvalue weighted by atomic mass is 9.98. The molecule has 1 fully saturated rings. The Labute approximate surface area is 174 Å². The zero-order valence-corrected chi connectivity index (χ0v) is 18.1. The van der Waals surface area contributed by atoms with Gasteiger partial charge < -0.3 is 25.6 Å². The third-order valence-corrected chi connectivity index (χ3v) is 5.25. The van der Waals surface area contributed by atoms with Crippen LogP contribution < -0.4 is 20.9 Å². The number of hydrogen-bond donors (Lipinski definition) is 3. The molecule has 0 saturated carbocycles. The number of urea groups is 1. The fourth-order valence-corrected chi connectivity index (χ4v) is 3.39. The number of piperidine rings is 1. The lowest BCUT2D eigenvalue weighted by molar-refractivity contribution is 0.0949. The summed E-state index contributed by atoms with van der Waals surface area (Å²) in [5, 5.41) is 8.65. The number of ether oxygens (including phenoxy) is 1. The first-order valence-corrected chi connectivity index (χ1v) is 10.8. The molecule has 3 amide bonds. The summed E-state index contributed by atoms with van der Waals surface area (Å²) in [5.41, 5.74) is 2.15. The quantitative estimate of drug-likeness (QED) is 0.520. The second kappa shape index (κ2) is 12.3. The minimum absolute atomic E-state index is 0.121. The molecule has 29 heavy (non-hydrogen) atoms. The lowest BCUT2D eigenvalue weighted by Crippen LogP contribution is -2.35. The van der Waals surface area contributed by atoms with Crippen molar-refractivity contribution in [3.8, 4) is 0 Å². The van der Waals surface area contributed by atoms with Crippen LogP contribution in [0.15, 0.2) is 18.2 Å². The summed E-state index contributed by atoms with van der Waals surface area (Å²) < 4.78 is 5.05. The number of hydrogen-bond acceptors (Lipinski definition) is 4. The summed E-state index contributed by atoms with van der Waals surface area (Å²) in [6.45, 7) is 8.03. The van der Waals surface area contributed by atoms with E-state index in [0.29, 0.717) is 36.9 Å². The first-order valence-electron chi connectivity index (χ1n) is 10.8. The van der Waals surface area contributed by atoms with Gasteiger partial charge in [0.25, 0.3) is 5.91 Å². The van der Waals surface area contributed by atoms with Crippen molar-refractivity contribution < 1.29 is 14.3 Å². The molecule has 7 nitrogen and oxygen atoms in total. The molecular formula is C22H36N4O3. The molecule has 0 atom stereocenters. The van der Waals surface area contributed by atoms with Gasteiger partial charge in [-0.3, -0.25) is 4.79 Å². The summed E-state index contributed by atoms with van der Waals surface area (Å²) in [7, 11) is 1.65. The summed E-state index contributed by atoms with van der Waals surface area (Å²) in [6, 6.07) is 5.35. The van der Waals surface area contributed by atoms with Gasteiger partial charge in [0, 0.05) is 51.3 Å². The molecule has 0 spiro atoms. The van der Waals surface area contributed by atoms with E-state index in [2.05, 4.69) is 34.7 Å². The summed E-state index contributed by atoms with van der Waals surface area (Å²) in [4.78, 5) is 27.2. The Morgan fingerprint density at radius 1 is 1.14 bits per heavy atom. The second-order valence-corrected chi connectivity index (χ2v) is 7.74. The second-order valence-electron chi connectivity index (χ2n) is 7.74. The first kappa shape index (κ1) is 23.0. The van der Waals surface area contributed by atoms with Crippen LogP contribution in [0.2, 0.25) is 0 Å².